The van der Waals surface area contributed by atoms with E-state index < -0.39 is 23.5 Å². The minimum absolute atomic E-state index is 0.00468. The predicted octanol–water partition coefficient (Wildman–Crippen LogP) is 3.80. The van der Waals surface area contributed by atoms with Crippen LogP contribution in [0.25, 0.3) is 11.0 Å². The molecule has 1 atom stereocenters. The van der Waals surface area contributed by atoms with Crippen LogP contribution in [0.2, 0.25) is 0 Å². The standard InChI is InChI=1S/C23H15N3O7S/c1-30-15-7-12(8-16-21(15)32-10-31-16)18-17(20(28)22(29)26(18)23-25-24-9-34-23)19(27)14-6-11-4-2-3-5-13(11)33-14/h2-9,18,28H,10H2,1H3. The number of hydrogen-bond donors (Lipinski definition) is 1. The summed E-state index contributed by atoms with van der Waals surface area (Å²) in [5, 5.41) is 19.6. The van der Waals surface area contributed by atoms with Crippen molar-refractivity contribution in [2.24, 2.45) is 0 Å². The number of fused-ring (bicyclic) bond motifs is 2. The number of para-hydroxylation sites is 1. The van der Waals surface area contributed by atoms with Crippen molar-refractivity contribution >= 4 is 39.1 Å². The van der Waals surface area contributed by atoms with Gasteiger partial charge in [0.1, 0.15) is 11.1 Å². The van der Waals surface area contributed by atoms with Crippen LogP contribution in [0.3, 0.4) is 0 Å². The van der Waals surface area contributed by atoms with Gasteiger partial charge in [0.05, 0.1) is 18.7 Å². The number of methoxy groups -OCH3 is 1. The Balaban J connectivity index is 1.53. The molecule has 1 unspecified atom stereocenters. The Hall–Kier alpha value is -4.38. The fraction of sp³-hybridized carbons (Fsp3) is 0.130. The van der Waals surface area contributed by atoms with Gasteiger partial charge in [0.25, 0.3) is 5.91 Å². The molecule has 11 heteroatoms. The molecule has 170 valence electrons. The molecule has 2 aromatic heterocycles. The van der Waals surface area contributed by atoms with Crippen LogP contribution < -0.4 is 19.1 Å². The van der Waals surface area contributed by atoms with Crippen molar-refractivity contribution in [2.45, 2.75) is 6.04 Å². The summed E-state index contributed by atoms with van der Waals surface area (Å²) >= 11 is 1.10. The molecule has 1 N–H and O–H groups in total. The average molecular weight is 477 g/mol. The smallest absolute Gasteiger partial charge is 0.296 e. The number of ether oxygens (including phenoxy) is 3. The van der Waals surface area contributed by atoms with E-state index in [-0.39, 0.29) is 23.3 Å². The van der Waals surface area contributed by atoms with Gasteiger partial charge in [-0.3, -0.25) is 14.5 Å². The number of carbonyl (C=O) groups is 2. The van der Waals surface area contributed by atoms with Crippen molar-refractivity contribution in [3.05, 3.63) is 70.6 Å². The van der Waals surface area contributed by atoms with Gasteiger partial charge in [-0.05, 0) is 29.8 Å². The maximum Gasteiger partial charge on any atom is 0.296 e. The first-order valence-corrected chi connectivity index (χ1v) is 11.0. The molecule has 2 aliphatic heterocycles. The van der Waals surface area contributed by atoms with Crippen molar-refractivity contribution in [1.82, 2.24) is 10.2 Å². The van der Waals surface area contributed by atoms with Gasteiger partial charge in [-0.1, -0.05) is 29.5 Å². The lowest BCUT2D eigenvalue weighted by atomic mass is 9.94. The second kappa shape index (κ2) is 7.59. The SMILES string of the molecule is COc1cc(C2C(C(=O)c3cc4ccccc4o3)=C(O)C(=O)N2c2nncs2)cc2c1OCO2. The number of nitrogens with zero attached hydrogens (tertiary/aromatic N) is 3. The Labute approximate surface area is 195 Å². The number of benzene rings is 2. The Morgan fingerprint density at radius 3 is 2.85 bits per heavy atom. The molecule has 2 aliphatic rings. The number of carbonyl (C=O) groups excluding carboxylic acids is 2. The number of furan rings is 1. The molecule has 10 nitrogen and oxygen atoms in total. The predicted molar refractivity (Wildman–Crippen MR) is 119 cm³/mol. The molecule has 6 rings (SSSR count). The molecular weight excluding hydrogens is 462 g/mol. The third-order valence-corrected chi connectivity index (χ3v) is 6.34. The maximum atomic E-state index is 13.6. The van der Waals surface area contributed by atoms with Crippen LogP contribution in [-0.4, -0.2) is 40.9 Å². The summed E-state index contributed by atoms with van der Waals surface area (Å²) in [5.41, 5.74) is 2.27. The van der Waals surface area contributed by atoms with Gasteiger partial charge in [-0.2, -0.15) is 0 Å². The highest BCUT2D eigenvalue weighted by Gasteiger charge is 2.47. The molecule has 0 saturated heterocycles. The Kier molecular flexibility index (Phi) is 4.52. The first-order chi connectivity index (χ1) is 16.6. The highest BCUT2D eigenvalue weighted by atomic mass is 32.1. The van der Waals surface area contributed by atoms with Gasteiger partial charge in [0.2, 0.25) is 23.5 Å². The van der Waals surface area contributed by atoms with E-state index >= 15 is 0 Å². The molecule has 0 fully saturated rings. The van der Waals surface area contributed by atoms with Crippen molar-refractivity contribution in [3.8, 4) is 17.2 Å². The lowest BCUT2D eigenvalue weighted by molar-refractivity contribution is -0.117. The van der Waals surface area contributed by atoms with Gasteiger partial charge < -0.3 is 23.7 Å². The van der Waals surface area contributed by atoms with Gasteiger partial charge >= 0.3 is 0 Å². The lowest BCUT2D eigenvalue weighted by Crippen LogP contribution is -2.31. The zero-order valence-electron chi connectivity index (χ0n) is 17.5. The monoisotopic (exact) mass is 477 g/mol. The van der Waals surface area contributed by atoms with E-state index in [1.54, 1.807) is 36.4 Å². The van der Waals surface area contributed by atoms with E-state index in [1.165, 1.54) is 17.5 Å². The zero-order chi connectivity index (χ0) is 23.4. The fourth-order valence-corrected chi connectivity index (χ4v) is 4.74. The highest BCUT2D eigenvalue weighted by Crippen LogP contribution is 2.48. The maximum absolute atomic E-state index is 13.6. The summed E-state index contributed by atoms with van der Waals surface area (Å²) in [5.74, 6) is -0.947. The van der Waals surface area contributed by atoms with Crippen LogP contribution in [0, 0.1) is 0 Å². The number of Topliss-reactive ketones (excluding diaryl/α,β-unsaturated/α-hetero) is 1. The number of anilines is 1. The van der Waals surface area contributed by atoms with Gasteiger partial charge in [0, 0.05) is 5.39 Å². The van der Waals surface area contributed by atoms with E-state index in [0.717, 1.165) is 16.7 Å². The molecule has 2 aromatic carbocycles. The van der Waals surface area contributed by atoms with Crippen molar-refractivity contribution in [1.29, 1.82) is 0 Å². The molecule has 4 aromatic rings. The van der Waals surface area contributed by atoms with Crippen LogP contribution in [0.1, 0.15) is 22.2 Å². The topological polar surface area (TPSA) is 124 Å². The van der Waals surface area contributed by atoms with Crippen LogP contribution in [0.5, 0.6) is 17.2 Å². The fourth-order valence-electron chi connectivity index (χ4n) is 4.16. The summed E-state index contributed by atoms with van der Waals surface area (Å²) in [6.07, 6.45) is 0. The highest BCUT2D eigenvalue weighted by molar-refractivity contribution is 7.13. The number of amides is 1. The summed E-state index contributed by atoms with van der Waals surface area (Å²) in [4.78, 5) is 28.1. The summed E-state index contributed by atoms with van der Waals surface area (Å²) in [6.45, 7) is 0.00468. The van der Waals surface area contributed by atoms with Crippen molar-refractivity contribution in [3.63, 3.8) is 0 Å². The number of hydrogen-bond acceptors (Lipinski definition) is 10. The second-order valence-electron chi connectivity index (χ2n) is 7.50. The minimum atomic E-state index is -1.04. The molecule has 0 aliphatic carbocycles. The van der Waals surface area contributed by atoms with E-state index in [9.17, 15) is 14.7 Å². The van der Waals surface area contributed by atoms with Gasteiger partial charge in [-0.25, -0.2) is 0 Å². The number of aromatic nitrogens is 2. The van der Waals surface area contributed by atoms with Gasteiger partial charge in [0.15, 0.2) is 23.0 Å². The Bertz CT molecular complexity index is 1460. The second-order valence-corrected chi connectivity index (χ2v) is 8.31. The van der Waals surface area contributed by atoms with E-state index in [0.29, 0.717) is 28.4 Å². The third-order valence-electron chi connectivity index (χ3n) is 5.65. The molecule has 0 saturated carbocycles. The largest absolute Gasteiger partial charge is 0.503 e. The number of ketones is 1. The van der Waals surface area contributed by atoms with E-state index in [1.807, 2.05) is 6.07 Å². The number of aliphatic hydroxyl groups is 1. The van der Waals surface area contributed by atoms with Crippen LogP contribution >= 0.6 is 11.3 Å². The third kappa shape index (κ3) is 2.94. The Morgan fingerprint density at radius 2 is 2.09 bits per heavy atom. The molecule has 0 radical (unpaired) electrons. The van der Waals surface area contributed by atoms with Crippen LogP contribution in [0.15, 0.2) is 63.7 Å². The van der Waals surface area contributed by atoms with Crippen LogP contribution in [0.4, 0.5) is 5.13 Å². The molecular formula is C23H15N3O7S. The summed E-state index contributed by atoms with van der Waals surface area (Å²) in [6, 6.07) is 10.9. The molecule has 0 bridgehead atoms. The first kappa shape index (κ1) is 20.2. The zero-order valence-corrected chi connectivity index (χ0v) is 18.4. The van der Waals surface area contributed by atoms with Gasteiger partial charge in [-0.15, -0.1) is 10.2 Å². The minimum Gasteiger partial charge on any atom is -0.503 e. The average Bonchev–Trinajstić information content (AvgIpc) is 3.64. The Morgan fingerprint density at radius 1 is 1.24 bits per heavy atom. The molecule has 0 spiro atoms. The molecule has 34 heavy (non-hydrogen) atoms. The lowest BCUT2D eigenvalue weighted by Gasteiger charge is -2.24. The normalized spacial score (nSPS) is 17.1. The van der Waals surface area contributed by atoms with Crippen LogP contribution in [-0.2, 0) is 4.79 Å². The summed E-state index contributed by atoms with van der Waals surface area (Å²) in [7, 11) is 1.47. The van der Waals surface area contributed by atoms with Crippen molar-refractivity contribution in [2.75, 3.05) is 18.8 Å². The van der Waals surface area contributed by atoms with Crippen molar-refractivity contribution < 1.29 is 33.3 Å². The van der Waals surface area contributed by atoms with E-state index in [4.69, 9.17) is 18.6 Å². The number of rotatable bonds is 5. The number of aliphatic hydroxyl groups excluding tert-OH is 1. The summed E-state index contributed by atoms with van der Waals surface area (Å²) < 4.78 is 22.2. The molecule has 1 amide bonds. The first-order valence-electron chi connectivity index (χ1n) is 10.1. The quantitative estimate of drug-likeness (QED) is 0.427. The molecule has 4 heterocycles. The van der Waals surface area contributed by atoms with E-state index in [2.05, 4.69) is 10.2 Å².